The molecule has 1 heterocycles. The number of unbranched alkanes of at least 4 members (excludes halogenated alkanes) is 1. The number of rotatable bonds is 4. The molecule has 4 N–H and O–H groups in total. The predicted molar refractivity (Wildman–Crippen MR) is 77.7 cm³/mol. The summed E-state index contributed by atoms with van der Waals surface area (Å²) in [6.07, 6.45) is 5.85. The van der Waals surface area contributed by atoms with E-state index in [1.165, 1.54) is 23.3 Å². The predicted octanol–water partition coefficient (Wildman–Crippen LogP) is 2.33. The van der Waals surface area contributed by atoms with Gasteiger partial charge in [0.25, 0.3) is 0 Å². The molecule has 1 aromatic heterocycles. The largest absolute Gasteiger partial charge is 0.348 e. The Bertz CT molecular complexity index is 399. The Morgan fingerprint density at radius 2 is 2.50 bits per heavy atom. The molecule has 4 nitrogen and oxygen atoms in total. The molecule has 5 heteroatoms. The lowest BCUT2D eigenvalue weighted by Crippen LogP contribution is -2.44. The SMILES string of the molecule is CCCCN=C(NN)NC1CCCc2sccc21. The van der Waals surface area contributed by atoms with Gasteiger partial charge in [-0.2, -0.15) is 0 Å². The Balaban J connectivity index is 1.99. The van der Waals surface area contributed by atoms with E-state index >= 15 is 0 Å². The smallest absolute Gasteiger partial charge is 0.206 e. The molecule has 100 valence electrons. The molecule has 1 aliphatic rings. The first-order valence-corrected chi connectivity index (χ1v) is 7.57. The minimum absolute atomic E-state index is 0.358. The fourth-order valence-corrected chi connectivity index (χ4v) is 3.27. The maximum atomic E-state index is 5.53. The van der Waals surface area contributed by atoms with E-state index in [1.54, 1.807) is 0 Å². The van der Waals surface area contributed by atoms with Gasteiger partial charge in [-0.15, -0.1) is 11.3 Å². The van der Waals surface area contributed by atoms with Crippen LogP contribution in [0, 0.1) is 0 Å². The molecule has 2 rings (SSSR count). The molecule has 0 bridgehead atoms. The van der Waals surface area contributed by atoms with Gasteiger partial charge in [-0.3, -0.25) is 10.4 Å². The van der Waals surface area contributed by atoms with Crippen LogP contribution in [0.5, 0.6) is 0 Å². The van der Waals surface area contributed by atoms with Gasteiger partial charge in [-0.05, 0) is 42.7 Å². The minimum atomic E-state index is 0.358. The summed E-state index contributed by atoms with van der Waals surface area (Å²) < 4.78 is 0. The number of aliphatic imine (C=N–C) groups is 1. The third-order valence-corrected chi connectivity index (χ3v) is 4.28. The molecule has 1 aliphatic carbocycles. The highest BCUT2D eigenvalue weighted by Gasteiger charge is 2.21. The highest BCUT2D eigenvalue weighted by molar-refractivity contribution is 7.10. The molecule has 0 spiro atoms. The normalized spacial score (nSPS) is 19.4. The lowest BCUT2D eigenvalue weighted by Gasteiger charge is -2.25. The van der Waals surface area contributed by atoms with Crippen molar-refractivity contribution in [3.63, 3.8) is 0 Å². The van der Waals surface area contributed by atoms with Crippen LogP contribution in [-0.2, 0) is 6.42 Å². The van der Waals surface area contributed by atoms with E-state index in [0.717, 1.165) is 25.8 Å². The number of fused-ring (bicyclic) bond motifs is 1. The van der Waals surface area contributed by atoms with Gasteiger partial charge in [0.1, 0.15) is 0 Å². The Kier molecular flexibility index (Phi) is 5.01. The number of thiophene rings is 1. The van der Waals surface area contributed by atoms with Gasteiger partial charge in [0.05, 0.1) is 6.04 Å². The van der Waals surface area contributed by atoms with Crippen molar-refractivity contribution in [2.75, 3.05) is 6.54 Å². The fraction of sp³-hybridized carbons (Fsp3) is 0.615. The van der Waals surface area contributed by atoms with E-state index in [2.05, 4.69) is 34.1 Å². The molecule has 0 amide bonds. The van der Waals surface area contributed by atoms with Gasteiger partial charge in [0.2, 0.25) is 5.96 Å². The number of nitrogens with two attached hydrogens (primary N) is 1. The van der Waals surface area contributed by atoms with Crippen molar-refractivity contribution in [1.82, 2.24) is 10.7 Å². The Labute approximate surface area is 113 Å². The lowest BCUT2D eigenvalue weighted by atomic mass is 9.94. The average Bonchev–Trinajstić information content (AvgIpc) is 2.87. The van der Waals surface area contributed by atoms with Crippen LogP contribution in [0.25, 0.3) is 0 Å². The quantitative estimate of drug-likeness (QED) is 0.258. The van der Waals surface area contributed by atoms with Crippen molar-refractivity contribution < 1.29 is 0 Å². The van der Waals surface area contributed by atoms with E-state index in [4.69, 9.17) is 5.84 Å². The molecule has 18 heavy (non-hydrogen) atoms. The lowest BCUT2D eigenvalue weighted by molar-refractivity contribution is 0.525. The van der Waals surface area contributed by atoms with E-state index in [1.807, 2.05) is 11.3 Å². The maximum absolute atomic E-state index is 5.53. The van der Waals surface area contributed by atoms with Crippen LogP contribution in [0.15, 0.2) is 16.4 Å². The zero-order valence-corrected chi connectivity index (χ0v) is 11.7. The fourth-order valence-electron chi connectivity index (χ4n) is 2.28. The minimum Gasteiger partial charge on any atom is -0.348 e. The molecule has 1 unspecified atom stereocenters. The average molecular weight is 266 g/mol. The third-order valence-electron chi connectivity index (χ3n) is 3.28. The van der Waals surface area contributed by atoms with Crippen molar-refractivity contribution in [2.24, 2.45) is 10.8 Å². The van der Waals surface area contributed by atoms with E-state index in [9.17, 15) is 0 Å². The second-order valence-corrected chi connectivity index (χ2v) is 5.62. The zero-order valence-electron chi connectivity index (χ0n) is 10.9. The van der Waals surface area contributed by atoms with Crippen molar-refractivity contribution in [3.8, 4) is 0 Å². The number of guanidine groups is 1. The van der Waals surface area contributed by atoms with Crippen LogP contribution in [0.1, 0.15) is 49.1 Å². The highest BCUT2D eigenvalue weighted by atomic mass is 32.1. The summed E-state index contributed by atoms with van der Waals surface area (Å²) in [4.78, 5) is 5.96. The molecule has 0 aliphatic heterocycles. The summed E-state index contributed by atoms with van der Waals surface area (Å²) in [6.45, 7) is 2.99. The molecule has 0 fully saturated rings. The number of nitrogens with zero attached hydrogens (tertiary/aromatic N) is 1. The van der Waals surface area contributed by atoms with Crippen molar-refractivity contribution >= 4 is 17.3 Å². The van der Waals surface area contributed by atoms with Crippen LogP contribution in [0.2, 0.25) is 0 Å². The second kappa shape index (κ2) is 6.75. The molecule has 0 aromatic carbocycles. The summed E-state index contributed by atoms with van der Waals surface area (Å²) >= 11 is 1.85. The second-order valence-electron chi connectivity index (χ2n) is 4.62. The summed E-state index contributed by atoms with van der Waals surface area (Å²) in [5, 5.41) is 5.60. The Morgan fingerprint density at radius 1 is 1.61 bits per heavy atom. The van der Waals surface area contributed by atoms with Crippen molar-refractivity contribution in [2.45, 2.75) is 45.1 Å². The zero-order chi connectivity index (χ0) is 12.8. The van der Waals surface area contributed by atoms with Gasteiger partial charge >= 0.3 is 0 Å². The number of hydrogen-bond donors (Lipinski definition) is 3. The first-order chi connectivity index (χ1) is 8.85. The molecular formula is C13H22N4S. The first-order valence-electron chi connectivity index (χ1n) is 6.69. The van der Waals surface area contributed by atoms with Crippen LogP contribution >= 0.6 is 11.3 Å². The first kappa shape index (κ1) is 13.4. The molecule has 1 aromatic rings. The van der Waals surface area contributed by atoms with Gasteiger partial charge in [-0.25, -0.2) is 5.84 Å². The number of hydrogen-bond acceptors (Lipinski definition) is 3. The number of hydrazine groups is 1. The Hall–Kier alpha value is -1.07. The maximum Gasteiger partial charge on any atom is 0.206 e. The van der Waals surface area contributed by atoms with Gasteiger partial charge in [0.15, 0.2) is 0 Å². The molecular weight excluding hydrogens is 244 g/mol. The summed E-state index contributed by atoms with van der Waals surface area (Å²) in [5.74, 6) is 6.24. The highest BCUT2D eigenvalue weighted by Crippen LogP contribution is 2.33. The molecule has 0 saturated heterocycles. The molecule has 0 radical (unpaired) electrons. The molecule has 1 atom stereocenters. The third kappa shape index (κ3) is 3.23. The van der Waals surface area contributed by atoms with Gasteiger partial charge in [-0.1, -0.05) is 13.3 Å². The monoisotopic (exact) mass is 266 g/mol. The van der Waals surface area contributed by atoms with Crippen molar-refractivity contribution in [1.29, 1.82) is 0 Å². The van der Waals surface area contributed by atoms with Gasteiger partial charge in [0, 0.05) is 11.4 Å². The van der Waals surface area contributed by atoms with Crippen molar-refractivity contribution in [3.05, 3.63) is 21.9 Å². The Morgan fingerprint density at radius 3 is 3.28 bits per heavy atom. The summed E-state index contributed by atoms with van der Waals surface area (Å²) in [6, 6.07) is 2.58. The van der Waals surface area contributed by atoms with E-state index in [0.29, 0.717) is 12.0 Å². The standard InChI is InChI=1S/C13H22N4S/c1-2-3-8-15-13(17-14)16-11-5-4-6-12-10(11)7-9-18-12/h7,9,11H,2-6,8,14H2,1H3,(H2,15,16,17). The van der Waals surface area contributed by atoms with Gasteiger partial charge < -0.3 is 5.32 Å². The number of nitrogens with one attached hydrogen (secondary N) is 2. The topological polar surface area (TPSA) is 62.4 Å². The van der Waals surface area contributed by atoms with Crippen LogP contribution < -0.4 is 16.6 Å². The van der Waals surface area contributed by atoms with E-state index < -0.39 is 0 Å². The summed E-state index contributed by atoms with van der Waals surface area (Å²) in [5.41, 5.74) is 4.09. The number of aryl methyl sites for hydroxylation is 1. The van der Waals surface area contributed by atoms with Crippen LogP contribution in [0.4, 0.5) is 0 Å². The molecule has 0 saturated carbocycles. The van der Waals surface area contributed by atoms with Crippen LogP contribution in [-0.4, -0.2) is 12.5 Å². The van der Waals surface area contributed by atoms with Crippen LogP contribution in [0.3, 0.4) is 0 Å². The van der Waals surface area contributed by atoms with E-state index in [-0.39, 0.29) is 0 Å². The summed E-state index contributed by atoms with van der Waals surface area (Å²) in [7, 11) is 0.